The summed E-state index contributed by atoms with van der Waals surface area (Å²) in [6.45, 7) is 0. The maximum absolute atomic E-state index is 13.3. The van der Waals surface area contributed by atoms with Crippen molar-refractivity contribution >= 4 is 80.4 Å². The molecule has 2 N–H and O–H groups in total. The molecule has 1 aliphatic heterocycles. The lowest BCUT2D eigenvalue weighted by molar-refractivity contribution is -0.121. The van der Waals surface area contributed by atoms with Crippen LogP contribution in [0.3, 0.4) is 0 Å². The van der Waals surface area contributed by atoms with Crippen molar-refractivity contribution in [1.29, 1.82) is 0 Å². The normalized spacial score (nSPS) is 15.0. The van der Waals surface area contributed by atoms with E-state index in [-0.39, 0.29) is 23.9 Å². The number of benzene rings is 4. The maximum Gasteiger partial charge on any atom is 0.272 e. The minimum absolute atomic E-state index is 0.0713. The van der Waals surface area contributed by atoms with Gasteiger partial charge in [0.05, 0.1) is 10.9 Å². The highest BCUT2D eigenvalue weighted by atomic mass is 79.9. The SMILES string of the molecule is O=C(Nc1ccc(SC2CC(=O)N(c3ccc(Cl)cc3)C2=O)cc1)/C(=C/c1ccc(Br)cc1)NC(=O)c1ccccc1. The van der Waals surface area contributed by atoms with Gasteiger partial charge in [-0.1, -0.05) is 57.9 Å². The molecule has 7 nitrogen and oxygen atoms in total. The molecule has 1 saturated heterocycles. The number of carbonyl (C=O) groups excluding carboxylic acids is 4. The number of anilines is 2. The first-order chi connectivity index (χ1) is 20.3. The van der Waals surface area contributed by atoms with Gasteiger partial charge in [0.1, 0.15) is 5.70 Å². The molecular formula is C32H23BrClN3O4S. The molecule has 1 atom stereocenters. The summed E-state index contributed by atoms with van der Waals surface area (Å²) in [7, 11) is 0. The van der Waals surface area contributed by atoms with E-state index in [0.717, 1.165) is 14.9 Å². The van der Waals surface area contributed by atoms with Crippen LogP contribution in [-0.4, -0.2) is 28.9 Å². The van der Waals surface area contributed by atoms with Crippen molar-refractivity contribution in [3.63, 3.8) is 0 Å². The first-order valence-electron chi connectivity index (χ1n) is 12.8. The average Bonchev–Trinajstić information content (AvgIpc) is 3.27. The number of rotatable bonds is 8. The molecule has 1 unspecified atom stereocenters. The Bertz CT molecular complexity index is 1660. The van der Waals surface area contributed by atoms with Crippen molar-refractivity contribution in [2.75, 3.05) is 10.2 Å². The predicted molar refractivity (Wildman–Crippen MR) is 169 cm³/mol. The van der Waals surface area contributed by atoms with Gasteiger partial charge in [0, 0.05) is 32.1 Å². The minimum Gasteiger partial charge on any atom is -0.321 e. The van der Waals surface area contributed by atoms with Crippen LogP contribution in [0.15, 0.2) is 118 Å². The third-order valence-electron chi connectivity index (χ3n) is 6.29. The van der Waals surface area contributed by atoms with Gasteiger partial charge in [-0.25, -0.2) is 4.90 Å². The lowest BCUT2D eigenvalue weighted by Gasteiger charge is -2.15. The van der Waals surface area contributed by atoms with Gasteiger partial charge in [0.2, 0.25) is 11.8 Å². The number of carbonyl (C=O) groups is 4. The maximum atomic E-state index is 13.3. The Morgan fingerprint density at radius 3 is 2.21 bits per heavy atom. The number of hydrogen-bond acceptors (Lipinski definition) is 5. The highest BCUT2D eigenvalue weighted by Crippen LogP contribution is 2.34. The van der Waals surface area contributed by atoms with Gasteiger partial charge >= 0.3 is 0 Å². The van der Waals surface area contributed by atoms with E-state index in [1.165, 1.54) is 16.7 Å². The summed E-state index contributed by atoms with van der Waals surface area (Å²) in [6, 6.07) is 29.5. The van der Waals surface area contributed by atoms with E-state index in [2.05, 4.69) is 26.6 Å². The largest absolute Gasteiger partial charge is 0.321 e. The van der Waals surface area contributed by atoms with Gasteiger partial charge in [0.15, 0.2) is 0 Å². The highest BCUT2D eigenvalue weighted by Gasteiger charge is 2.40. The zero-order valence-electron chi connectivity index (χ0n) is 21.9. The van der Waals surface area contributed by atoms with Gasteiger partial charge in [-0.2, -0.15) is 0 Å². The van der Waals surface area contributed by atoms with E-state index in [9.17, 15) is 19.2 Å². The predicted octanol–water partition coefficient (Wildman–Crippen LogP) is 6.94. The lowest BCUT2D eigenvalue weighted by atomic mass is 10.1. The standard InChI is InChI=1S/C32H23BrClN3O4S/c33-22-8-6-20(7-9-22)18-27(36-30(39)21-4-2-1-3-5-21)31(40)35-24-12-16-26(17-13-24)42-28-19-29(38)37(32(28)41)25-14-10-23(34)11-15-25/h1-18,28H,19H2,(H,35,40)(H,36,39)/b27-18-. The molecule has 1 aliphatic rings. The molecule has 0 aromatic heterocycles. The van der Waals surface area contributed by atoms with Crippen LogP contribution in [0, 0.1) is 0 Å². The van der Waals surface area contributed by atoms with Crippen molar-refractivity contribution in [1.82, 2.24) is 5.32 Å². The van der Waals surface area contributed by atoms with Crippen LogP contribution in [-0.2, 0) is 14.4 Å². The second-order valence-corrected chi connectivity index (χ2v) is 11.9. The van der Waals surface area contributed by atoms with Crippen molar-refractivity contribution in [3.05, 3.63) is 129 Å². The van der Waals surface area contributed by atoms with Gasteiger partial charge in [-0.05, 0) is 84.4 Å². The van der Waals surface area contributed by atoms with Gasteiger partial charge < -0.3 is 10.6 Å². The fourth-order valence-corrected chi connectivity index (χ4v) is 5.65. The summed E-state index contributed by atoms with van der Waals surface area (Å²) in [5.74, 6) is -1.48. The van der Waals surface area contributed by atoms with Crippen molar-refractivity contribution in [3.8, 4) is 0 Å². The van der Waals surface area contributed by atoms with E-state index in [0.29, 0.717) is 22.0 Å². The van der Waals surface area contributed by atoms with Crippen LogP contribution >= 0.6 is 39.3 Å². The number of halogens is 2. The minimum atomic E-state index is -0.567. The third kappa shape index (κ3) is 7.17. The van der Waals surface area contributed by atoms with E-state index in [1.54, 1.807) is 84.9 Å². The molecule has 0 bridgehead atoms. The summed E-state index contributed by atoms with van der Waals surface area (Å²) in [5.41, 5.74) is 2.20. The molecule has 0 radical (unpaired) electrons. The molecule has 1 fully saturated rings. The fourth-order valence-electron chi connectivity index (χ4n) is 4.21. The van der Waals surface area contributed by atoms with Crippen molar-refractivity contribution in [2.45, 2.75) is 16.6 Å². The second-order valence-electron chi connectivity index (χ2n) is 9.26. The molecule has 1 heterocycles. The molecule has 0 aliphatic carbocycles. The molecule has 5 rings (SSSR count). The highest BCUT2D eigenvalue weighted by molar-refractivity contribution is 9.10. The van der Waals surface area contributed by atoms with E-state index >= 15 is 0 Å². The summed E-state index contributed by atoms with van der Waals surface area (Å²) in [6.07, 6.45) is 1.68. The summed E-state index contributed by atoms with van der Waals surface area (Å²) < 4.78 is 0.887. The third-order valence-corrected chi connectivity index (χ3v) is 8.27. The topological polar surface area (TPSA) is 95.6 Å². The zero-order valence-corrected chi connectivity index (χ0v) is 25.1. The summed E-state index contributed by atoms with van der Waals surface area (Å²) in [4.78, 5) is 53.7. The molecule has 4 amide bonds. The number of nitrogens with zero attached hydrogens (tertiary/aromatic N) is 1. The molecular weight excluding hydrogens is 638 g/mol. The monoisotopic (exact) mass is 659 g/mol. The second kappa shape index (κ2) is 13.2. The summed E-state index contributed by atoms with van der Waals surface area (Å²) >= 11 is 10.6. The van der Waals surface area contributed by atoms with E-state index < -0.39 is 17.1 Å². The number of thioether (sulfide) groups is 1. The van der Waals surface area contributed by atoms with Gasteiger partial charge in [-0.15, -0.1) is 11.8 Å². The number of hydrogen-bond donors (Lipinski definition) is 2. The smallest absolute Gasteiger partial charge is 0.272 e. The quantitative estimate of drug-likeness (QED) is 0.158. The fraction of sp³-hybridized carbons (Fsp3) is 0.0625. The van der Waals surface area contributed by atoms with Crippen LogP contribution in [0.2, 0.25) is 5.02 Å². The number of imide groups is 1. The van der Waals surface area contributed by atoms with Crippen molar-refractivity contribution < 1.29 is 19.2 Å². The lowest BCUT2D eigenvalue weighted by Crippen LogP contribution is -2.31. The molecule has 0 spiro atoms. The van der Waals surface area contributed by atoms with E-state index in [1.807, 2.05) is 24.3 Å². The van der Waals surface area contributed by atoms with Crippen molar-refractivity contribution in [2.24, 2.45) is 0 Å². The van der Waals surface area contributed by atoms with E-state index in [4.69, 9.17) is 11.6 Å². The molecule has 4 aromatic rings. The average molecular weight is 661 g/mol. The Labute approximate surface area is 260 Å². The number of nitrogens with one attached hydrogen (secondary N) is 2. The molecule has 0 saturated carbocycles. The zero-order chi connectivity index (χ0) is 29.6. The Balaban J connectivity index is 1.27. The van der Waals surface area contributed by atoms with Crippen LogP contribution in [0.4, 0.5) is 11.4 Å². The Morgan fingerprint density at radius 1 is 0.881 bits per heavy atom. The van der Waals surface area contributed by atoms with Crippen LogP contribution in [0.25, 0.3) is 6.08 Å². The first-order valence-corrected chi connectivity index (χ1v) is 14.9. The Kier molecular flexibility index (Phi) is 9.22. The van der Waals surface area contributed by atoms with Crippen LogP contribution < -0.4 is 15.5 Å². The Hall–Kier alpha value is -4.18. The first kappa shape index (κ1) is 29.3. The van der Waals surface area contributed by atoms with Gasteiger partial charge in [-0.3, -0.25) is 19.2 Å². The molecule has 10 heteroatoms. The number of amides is 4. The molecule has 4 aromatic carbocycles. The Morgan fingerprint density at radius 2 is 1.55 bits per heavy atom. The van der Waals surface area contributed by atoms with Crippen LogP contribution in [0.1, 0.15) is 22.3 Å². The molecule has 42 heavy (non-hydrogen) atoms. The molecule has 210 valence electrons. The van der Waals surface area contributed by atoms with Crippen LogP contribution in [0.5, 0.6) is 0 Å². The summed E-state index contributed by atoms with van der Waals surface area (Å²) in [5, 5.41) is 5.49. The van der Waals surface area contributed by atoms with Gasteiger partial charge in [0.25, 0.3) is 11.8 Å².